The van der Waals surface area contributed by atoms with Gasteiger partial charge in [0.25, 0.3) is 0 Å². The molecule has 4 N–H and O–H groups in total. The molecule has 0 radical (unpaired) electrons. The number of hydrogen-bond acceptors (Lipinski definition) is 5. The molecule has 1 rings (SSSR count). The van der Waals surface area contributed by atoms with Crippen molar-refractivity contribution in [2.24, 2.45) is 11.8 Å². The van der Waals surface area contributed by atoms with Gasteiger partial charge >= 0.3 is 0 Å². The summed E-state index contributed by atoms with van der Waals surface area (Å²) in [6.07, 6.45) is 7.13. The van der Waals surface area contributed by atoms with Crippen LogP contribution in [-0.4, -0.2) is 51.1 Å². The summed E-state index contributed by atoms with van der Waals surface area (Å²) in [6, 6.07) is 0.0370. The fourth-order valence-electron chi connectivity index (χ4n) is 2.95. The second-order valence-electron chi connectivity index (χ2n) is 8.99. The Morgan fingerprint density at radius 3 is 1.80 bits per heavy atom. The first kappa shape index (κ1) is 36.8. The largest absolute Gasteiger partial charge is 0.412 e. The van der Waals surface area contributed by atoms with E-state index in [4.69, 9.17) is 9.84 Å². The van der Waals surface area contributed by atoms with Crippen molar-refractivity contribution in [2.75, 3.05) is 6.61 Å². The van der Waals surface area contributed by atoms with Crippen molar-refractivity contribution in [3.05, 3.63) is 0 Å². The molecule has 1 saturated heterocycles. The summed E-state index contributed by atoms with van der Waals surface area (Å²) in [6.45, 7) is 22.6. The van der Waals surface area contributed by atoms with Crippen LogP contribution in [0.3, 0.4) is 0 Å². The second kappa shape index (κ2) is 20.4. The third kappa shape index (κ3) is 20.7. The zero-order chi connectivity index (χ0) is 23.7. The molecule has 1 fully saturated rings. The second-order valence-corrected chi connectivity index (χ2v) is 8.99. The summed E-state index contributed by atoms with van der Waals surface area (Å²) in [7, 11) is 0. The van der Waals surface area contributed by atoms with Gasteiger partial charge in [-0.1, -0.05) is 60.8 Å². The standard InChI is InChI=1S/C9H17NO3.C9H20.C4H10O.C2H6.H2O/c1-9(2)10(12)8(7-13-9)5-3-4-6-11;1-5-8(4)9(6-2)7-3;1-4(2,3)5;1-2;/h6,8,12H,3-5,7H2,1-2H3;8-9H,5-7H2,1-4H3;5H,1-3H3;1-2H3;1H2/t8-;;;;/m1..../s1. The first-order valence-corrected chi connectivity index (χ1v) is 11.6. The van der Waals surface area contributed by atoms with Gasteiger partial charge in [-0.3, -0.25) is 0 Å². The van der Waals surface area contributed by atoms with Crippen LogP contribution < -0.4 is 0 Å². The molecule has 1 aliphatic rings. The van der Waals surface area contributed by atoms with E-state index in [1.54, 1.807) is 20.8 Å². The number of ether oxygens (including phenoxy) is 1. The minimum Gasteiger partial charge on any atom is -0.412 e. The highest BCUT2D eigenvalue weighted by atomic mass is 16.6. The number of carbonyl (C=O) groups is 1. The molecule has 30 heavy (non-hydrogen) atoms. The van der Waals surface area contributed by atoms with Crippen LogP contribution in [0.15, 0.2) is 0 Å². The van der Waals surface area contributed by atoms with E-state index in [0.717, 1.165) is 31.0 Å². The van der Waals surface area contributed by atoms with Gasteiger partial charge in [0.2, 0.25) is 0 Å². The van der Waals surface area contributed by atoms with Crippen molar-refractivity contribution in [1.29, 1.82) is 0 Å². The number of carbonyl (C=O) groups excluding carboxylic acids is 1. The first-order chi connectivity index (χ1) is 13.3. The van der Waals surface area contributed by atoms with E-state index in [9.17, 15) is 10.0 Å². The number of aliphatic hydroxyl groups is 1. The minimum atomic E-state index is -0.578. The van der Waals surface area contributed by atoms with Gasteiger partial charge in [0.1, 0.15) is 12.0 Å². The maximum atomic E-state index is 10.1. The fraction of sp³-hybridized carbons (Fsp3) is 0.958. The highest BCUT2D eigenvalue weighted by Crippen LogP contribution is 2.27. The monoisotopic (exact) mass is 437 g/mol. The zero-order valence-corrected chi connectivity index (χ0v) is 21.9. The number of nitrogens with zero attached hydrogens (tertiary/aromatic N) is 1. The molecule has 0 aromatic rings. The van der Waals surface area contributed by atoms with Crippen LogP contribution in [0.4, 0.5) is 0 Å². The van der Waals surface area contributed by atoms with Crippen LogP contribution in [-0.2, 0) is 9.53 Å². The van der Waals surface area contributed by atoms with Gasteiger partial charge in [-0.15, -0.1) is 0 Å². The lowest BCUT2D eigenvalue weighted by atomic mass is 9.88. The van der Waals surface area contributed by atoms with Gasteiger partial charge in [-0.25, -0.2) is 0 Å². The van der Waals surface area contributed by atoms with Gasteiger partial charge in [-0.05, 0) is 59.3 Å². The minimum absolute atomic E-state index is 0. The summed E-state index contributed by atoms with van der Waals surface area (Å²) in [4.78, 5) is 10.1. The number of unbranched alkanes of at least 4 members (excludes halogenated alkanes) is 1. The molecule has 6 heteroatoms. The average Bonchev–Trinajstić information content (AvgIpc) is 2.90. The molecule has 0 bridgehead atoms. The molecule has 186 valence electrons. The molecule has 0 aromatic heterocycles. The van der Waals surface area contributed by atoms with Gasteiger partial charge in [-0.2, -0.15) is 5.06 Å². The van der Waals surface area contributed by atoms with Crippen molar-refractivity contribution >= 4 is 6.29 Å². The highest BCUT2D eigenvalue weighted by Gasteiger charge is 2.39. The van der Waals surface area contributed by atoms with E-state index in [1.807, 2.05) is 27.7 Å². The predicted octanol–water partition coefficient (Wildman–Crippen LogP) is 5.63. The molecule has 0 saturated carbocycles. The van der Waals surface area contributed by atoms with Crippen LogP contribution in [0.25, 0.3) is 0 Å². The quantitative estimate of drug-likeness (QED) is 0.378. The normalized spacial score (nSPS) is 18.5. The molecule has 6 nitrogen and oxygen atoms in total. The van der Waals surface area contributed by atoms with E-state index >= 15 is 0 Å². The summed E-state index contributed by atoms with van der Waals surface area (Å²) in [5, 5.41) is 19.4. The van der Waals surface area contributed by atoms with Gasteiger partial charge in [0, 0.05) is 6.42 Å². The number of hydrogen-bond donors (Lipinski definition) is 2. The maximum absolute atomic E-state index is 10.1. The Morgan fingerprint density at radius 1 is 1.13 bits per heavy atom. The summed E-state index contributed by atoms with van der Waals surface area (Å²) in [5.74, 6) is 1.90. The predicted molar refractivity (Wildman–Crippen MR) is 128 cm³/mol. The Kier molecular flexibility index (Phi) is 25.0. The van der Waals surface area contributed by atoms with Crippen LogP contribution in [0.1, 0.15) is 115 Å². The molecule has 2 atom stereocenters. The van der Waals surface area contributed by atoms with Gasteiger partial charge in [0.15, 0.2) is 0 Å². The molecule has 0 aliphatic carbocycles. The molecular formula is C24H55NO5. The number of rotatable bonds is 8. The smallest absolute Gasteiger partial charge is 0.138 e. The lowest BCUT2D eigenvalue weighted by Gasteiger charge is -2.26. The van der Waals surface area contributed by atoms with Crippen LogP contribution in [0, 0.1) is 11.8 Å². The van der Waals surface area contributed by atoms with E-state index < -0.39 is 11.3 Å². The molecule has 0 amide bonds. The Bertz CT molecular complexity index is 359. The third-order valence-electron chi connectivity index (χ3n) is 4.88. The summed E-state index contributed by atoms with van der Waals surface area (Å²) < 4.78 is 5.38. The number of hydroxylamine groups is 2. The van der Waals surface area contributed by atoms with Crippen molar-refractivity contribution in [1.82, 2.24) is 5.06 Å². The van der Waals surface area contributed by atoms with E-state index in [1.165, 1.54) is 24.3 Å². The van der Waals surface area contributed by atoms with Crippen LogP contribution in [0.2, 0.25) is 0 Å². The Labute approximate surface area is 187 Å². The van der Waals surface area contributed by atoms with Crippen LogP contribution in [0.5, 0.6) is 0 Å². The van der Waals surface area contributed by atoms with Crippen molar-refractivity contribution in [2.45, 2.75) is 132 Å². The molecule has 1 aliphatic heterocycles. The molecular weight excluding hydrogens is 382 g/mol. The lowest BCUT2D eigenvalue weighted by Crippen LogP contribution is -2.41. The zero-order valence-electron chi connectivity index (χ0n) is 21.9. The molecule has 1 heterocycles. The van der Waals surface area contributed by atoms with Crippen LogP contribution >= 0.6 is 0 Å². The Morgan fingerprint density at radius 2 is 1.57 bits per heavy atom. The van der Waals surface area contributed by atoms with E-state index in [2.05, 4.69) is 27.7 Å². The SMILES string of the molecule is CC.CC(C)(C)O.CC1(C)OC[C@@H](CCCC=O)N1O.CCC(C)C(CC)CC.O. The molecule has 0 aromatic carbocycles. The molecule has 0 spiro atoms. The van der Waals surface area contributed by atoms with Crippen molar-refractivity contribution < 1.29 is 25.3 Å². The maximum Gasteiger partial charge on any atom is 0.138 e. The highest BCUT2D eigenvalue weighted by molar-refractivity contribution is 5.48. The lowest BCUT2D eigenvalue weighted by molar-refractivity contribution is -0.219. The summed E-state index contributed by atoms with van der Waals surface area (Å²) in [5.41, 5.74) is -1.08. The topological polar surface area (TPSA) is 102 Å². The Balaban J connectivity index is -0.000000174. The van der Waals surface area contributed by atoms with E-state index in [-0.39, 0.29) is 11.5 Å². The van der Waals surface area contributed by atoms with Gasteiger partial charge < -0.3 is 25.3 Å². The molecule has 1 unspecified atom stereocenters. The fourth-order valence-corrected chi connectivity index (χ4v) is 2.95. The third-order valence-corrected chi connectivity index (χ3v) is 4.88. The average molecular weight is 438 g/mol. The summed E-state index contributed by atoms with van der Waals surface area (Å²) >= 11 is 0. The van der Waals surface area contributed by atoms with E-state index in [0.29, 0.717) is 13.0 Å². The van der Waals surface area contributed by atoms with Crippen molar-refractivity contribution in [3.8, 4) is 0 Å². The van der Waals surface area contributed by atoms with Crippen molar-refractivity contribution in [3.63, 3.8) is 0 Å². The number of aldehydes is 1. The first-order valence-electron chi connectivity index (χ1n) is 11.6. The Hall–Kier alpha value is -0.530. The van der Waals surface area contributed by atoms with Gasteiger partial charge in [0.05, 0.1) is 18.2 Å².